The highest BCUT2D eigenvalue weighted by Gasteiger charge is 2.12. The van der Waals surface area contributed by atoms with Gasteiger partial charge in [-0.2, -0.15) is 0 Å². The van der Waals surface area contributed by atoms with E-state index in [0.717, 1.165) is 11.1 Å². The van der Waals surface area contributed by atoms with Crippen LogP contribution in [0.3, 0.4) is 0 Å². The smallest absolute Gasteiger partial charge is 0.488 e. The van der Waals surface area contributed by atoms with Gasteiger partial charge < -0.3 is 24.3 Å². The van der Waals surface area contributed by atoms with E-state index in [1.165, 1.54) is 0 Å². The van der Waals surface area contributed by atoms with Gasteiger partial charge in [-0.3, -0.25) is 0 Å². The SMILES string of the molecule is COc1cc(COc2ccc(B(O)O)cc2C)cc(OC)c1. The molecule has 0 bridgehead atoms. The molecule has 0 spiro atoms. The van der Waals surface area contributed by atoms with E-state index in [1.807, 2.05) is 19.1 Å². The van der Waals surface area contributed by atoms with E-state index in [9.17, 15) is 0 Å². The molecule has 5 nitrogen and oxygen atoms in total. The minimum absolute atomic E-state index is 0.357. The van der Waals surface area contributed by atoms with Crippen molar-refractivity contribution in [2.45, 2.75) is 13.5 Å². The summed E-state index contributed by atoms with van der Waals surface area (Å²) < 4.78 is 16.2. The number of ether oxygens (including phenoxy) is 3. The van der Waals surface area contributed by atoms with Crippen molar-refractivity contribution in [3.05, 3.63) is 47.5 Å². The first-order valence-electron chi connectivity index (χ1n) is 6.85. The van der Waals surface area contributed by atoms with Crippen molar-refractivity contribution in [1.29, 1.82) is 0 Å². The van der Waals surface area contributed by atoms with Gasteiger partial charge in [-0.15, -0.1) is 0 Å². The molecule has 0 saturated heterocycles. The largest absolute Gasteiger partial charge is 0.497 e. The van der Waals surface area contributed by atoms with E-state index in [4.69, 9.17) is 24.3 Å². The van der Waals surface area contributed by atoms with Gasteiger partial charge >= 0.3 is 7.12 Å². The summed E-state index contributed by atoms with van der Waals surface area (Å²) in [6.45, 7) is 2.21. The lowest BCUT2D eigenvalue weighted by molar-refractivity contribution is 0.302. The molecule has 116 valence electrons. The fraction of sp³-hybridized carbons (Fsp3) is 0.250. The Morgan fingerprint density at radius 2 is 1.59 bits per heavy atom. The van der Waals surface area contributed by atoms with Gasteiger partial charge in [0.05, 0.1) is 14.2 Å². The van der Waals surface area contributed by atoms with Crippen LogP contribution in [0.15, 0.2) is 36.4 Å². The van der Waals surface area contributed by atoms with Crippen molar-refractivity contribution < 1.29 is 24.3 Å². The molecular formula is C16H19BO5. The number of benzene rings is 2. The van der Waals surface area contributed by atoms with Gasteiger partial charge in [-0.25, -0.2) is 0 Å². The van der Waals surface area contributed by atoms with E-state index in [2.05, 4.69) is 0 Å². The first-order valence-corrected chi connectivity index (χ1v) is 6.85. The van der Waals surface area contributed by atoms with Crippen molar-refractivity contribution in [3.63, 3.8) is 0 Å². The molecule has 0 amide bonds. The number of methoxy groups -OCH3 is 2. The van der Waals surface area contributed by atoms with Crippen LogP contribution in [-0.2, 0) is 6.61 Å². The van der Waals surface area contributed by atoms with Crippen LogP contribution in [0.5, 0.6) is 17.2 Å². The van der Waals surface area contributed by atoms with Crippen LogP contribution in [0.25, 0.3) is 0 Å². The zero-order valence-electron chi connectivity index (χ0n) is 12.9. The molecule has 2 rings (SSSR count). The summed E-state index contributed by atoms with van der Waals surface area (Å²) in [5.74, 6) is 2.09. The lowest BCUT2D eigenvalue weighted by atomic mass is 9.79. The van der Waals surface area contributed by atoms with Gasteiger partial charge in [0, 0.05) is 6.07 Å². The third kappa shape index (κ3) is 3.93. The molecule has 0 atom stereocenters. The third-order valence-corrected chi connectivity index (χ3v) is 3.30. The van der Waals surface area contributed by atoms with Gasteiger partial charge in [0.2, 0.25) is 0 Å². The fourth-order valence-corrected chi connectivity index (χ4v) is 2.11. The average molecular weight is 302 g/mol. The average Bonchev–Trinajstić information content (AvgIpc) is 2.53. The summed E-state index contributed by atoms with van der Waals surface area (Å²) in [4.78, 5) is 0. The lowest BCUT2D eigenvalue weighted by Crippen LogP contribution is -2.29. The number of hydrogen-bond acceptors (Lipinski definition) is 5. The molecule has 6 heteroatoms. The summed E-state index contributed by atoms with van der Waals surface area (Å²) in [5, 5.41) is 18.3. The van der Waals surface area contributed by atoms with Crippen molar-refractivity contribution in [2.75, 3.05) is 14.2 Å². The lowest BCUT2D eigenvalue weighted by Gasteiger charge is -2.12. The second kappa shape index (κ2) is 7.20. The zero-order valence-corrected chi connectivity index (χ0v) is 12.9. The zero-order chi connectivity index (χ0) is 16.1. The Labute approximate surface area is 130 Å². The first-order chi connectivity index (χ1) is 10.5. The standard InChI is InChI=1S/C16H19BO5/c1-11-6-13(17(18)19)4-5-16(11)22-10-12-7-14(20-2)9-15(8-12)21-3/h4-9,18-19H,10H2,1-3H3. The van der Waals surface area contributed by atoms with E-state index in [0.29, 0.717) is 29.3 Å². The topological polar surface area (TPSA) is 68.2 Å². The fourth-order valence-electron chi connectivity index (χ4n) is 2.11. The van der Waals surface area contributed by atoms with Crippen LogP contribution in [-0.4, -0.2) is 31.4 Å². The van der Waals surface area contributed by atoms with Gasteiger partial charge in [-0.05, 0) is 41.7 Å². The molecule has 22 heavy (non-hydrogen) atoms. The Balaban J connectivity index is 2.13. The van der Waals surface area contributed by atoms with Crippen molar-refractivity contribution in [1.82, 2.24) is 0 Å². The molecular weight excluding hydrogens is 283 g/mol. The number of aryl methyl sites for hydroxylation is 1. The maximum Gasteiger partial charge on any atom is 0.488 e. The quantitative estimate of drug-likeness (QED) is 0.787. The molecule has 0 heterocycles. The maximum atomic E-state index is 9.15. The van der Waals surface area contributed by atoms with Gasteiger partial charge in [0.1, 0.15) is 23.9 Å². The van der Waals surface area contributed by atoms with E-state index < -0.39 is 7.12 Å². The van der Waals surface area contributed by atoms with Crippen LogP contribution >= 0.6 is 0 Å². The normalized spacial score (nSPS) is 10.2. The Bertz CT molecular complexity index is 620. The monoisotopic (exact) mass is 302 g/mol. The summed E-state index contributed by atoms with van der Waals surface area (Å²) in [6, 6.07) is 10.6. The molecule has 0 aliphatic carbocycles. The maximum absolute atomic E-state index is 9.15. The second-order valence-electron chi connectivity index (χ2n) is 4.91. The van der Waals surface area contributed by atoms with Crippen LogP contribution in [0.2, 0.25) is 0 Å². The molecule has 0 aromatic heterocycles. The van der Waals surface area contributed by atoms with Crippen LogP contribution in [0, 0.1) is 6.92 Å². The molecule has 2 N–H and O–H groups in total. The molecule has 0 fully saturated rings. The molecule has 0 aliphatic heterocycles. The molecule has 0 radical (unpaired) electrons. The molecule has 2 aromatic carbocycles. The third-order valence-electron chi connectivity index (χ3n) is 3.30. The van der Waals surface area contributed by atoms with E-state index in [1.54, 1.807) is 38.5 Å². The second-order valence-corrected chi connectivity index (χ2v) is 4.91. The van der Waals surface area contributed by atoms with Gasteiger partial charge in [0.15, 0.2) is 0 Å². The Hall–Kier alpha value is -2.18. The summed E-state index contributed by atoms with van der Waals surface area (Å²) >= 11 is 0. The van der Waals surface area contributed by atoms with Crippen molar-refractivity contribution in [3.8, 4) is 17.2 Å². The van der Waals surface area contributed by atoms with Crippen LogP contribution < -0.4 is 19.7 Å². The van der Waals surface area contributed by atoms with E-state index >= 15 is 0 Å². The van der Waals surface area contributed by atoms with Crippen LogP contribution in [0.1, 0.15) is 11.1 Å². The Kier molecular flexibility index (Phi) is 5.30. The summed E-state index contributed by atoms with van der Waals surface area (Å²) in [7, 11) is 1.72. The van der Waals surface area contributed by atoms with Crippen molar-refractivity contribution in [2.24, 2.45) is 0 Å². The minimum atomic E-state index is -1.48. The molecule has 0 aliphatic rings. The predicted octanol–water partition coefficient (Wildman–Crippen LogP) is 1.27. The van der Waals surface area contributed by atoms with E-state index in [-0.39, 0.29) is 0 Å². The highest BCUT2D eigenvalue weighted by Crippen LogP contribution is 2.24. The molecule has 0 unspecified atom stereocenters. The van der Waals surface area contributed by atoms with Gasteiger partial charge in [-0.1, -0.05) is 12.1 Å². The first kappa shape index (κ1) is 16.2. The number of hydrogen-bond donors (Lipinski definition) is 2. The molecule has 2 aromatic rings. The Morgan fingerprint density at radius 1 is 0.955 bits per heavy atom. The predicted molar refractivity (Wildman–Crippen MR) is 84.9 cm³/mol. The highest BCUT2D eigenvalue weighted by atomic mass is 16.5. The molecule has 0 saturated carbocycles. The van der Waals surface area contributed by atoms with Crippen LogP contribution in [0.4, 0.5) is 0 Å². The van der Waals surface area contributed by atoms with Crippen molar-refractivity contribution >= 4 is 12.6 Å². The summed E-state index contributed by atoms with van der Waals surface area (Å²) in [5.41, 5.74) is 2.19. The highest BCUT2D eigenvalue weighted by molar-refractivity contribution is 6.58. The minimum Gasteiger partial charge on any atom is -0.497 e. The summed E-state index contributed by atoms with van der Waals surface area (Å²) in [6.07, 6.45) is 0. The number of rotatable bonds is 6. The Morgan fingerprint density at radius 3 is 2.09 bits per heavy atom. The van der Waals surface area contributed by atoms with Gasteiger partial charge in [0.25, 0.3) is 0 Å².